The highest BCUT2D eigenvalue weighted by molar-refractivity contribution is 5.83. The lowest BCUT2D eigenvalue weighted by molar-refractivity contribution is 0.864. The van der Waals surface area contributed by atoms with E-state index in [1.165, 1.54) is 33.8 Å². The van der Waals surface area contributed by atoms with Gasteiger partial charge in [-0.05, 0) is 46.9 Å². The summed E-state index contributed by atoms with van der Waals surface area (Å²) in [6.45, 7) is 4.51. The van der Waals surface area contributed by atoms with Crippen molar-refractivity contribution in [3.05, 3.63) is 89.5 Å². The van der Waals surface area contributed by atoms with Gasteiger partial charge in [0.2, 0.25) is 0 Å². The molecule has 4 rings (SSSR count). The van der Waals surface area contributed by atoms with Crippen LogP contribution in [0.1, 0.15) is 36.5 Å². The second-order valence-corrected chi connectivity index (χ2v) is 6.52. The van der Waals surface area contributed by atoms with Crippen LogP contribution in [0.2, 0.25) is 0 Å². The van der Waals surface area contributed by atoms with Crippen molar-refractivity contribution in [3.63, 3.8) is 0 Å². The Hall–Kier alpha value is -2.54. The molecule has 0 unspecified atom stereocenters. The van der Waals surface area contributed by atoms with Gasteiger partial charge >= 0.3 is 0 Å². The number of fused-ring (bicyclic) bond motifs is 2. The van der Waals surface area contributed by atoms with E-state index >= 15 is 0 Å². The van der Waals surface area contributed by atoms with Crippen LogP contribution >= 0.6 is 0 Å². The molecular formula is C22H21N. The van der Waals surface area contributed by atoms with Gasteiger partial charge in [-0.2, -0.15) is 0 Å². The number of rotatable bonds is 2. The van der Waals surface area contributed by atoms with E-state index in [-0.39, 0.29) is 0 Å². The van der Waals surface area contributed by atoms with Gasteiger partial charge in [-0.15, -0.1) is 0 Å². The third kappa shape index (κ3) is 2.43. The Balaban J connectivity index is 1.95. The van der Waals surface area contributed by atoms with Crippen molar-refractivity contribution in [1.82, 2.24) is 0 Å². The molecule has 1 aliphatic rings. The van der Waals surface area contributed by atoms with Crippen molar-refractivity contribution in [2.45, 2.75) is 26.2 Å². The highest BCUT2D eigenvalue weighted by Gasteiger charge is 2.24. The Morgan fingerprint density at radius 2 is 1.43 bits per heavy atom. The Kier molecular flexibility index (Phi) is 3.42. The second-order valence-electron chi connectivity index (χ2n) is 6.52. The third-order valence-electron chi connectivity index (χ3n) is 4.64. The zero-order chi connectivity index (χ0) is 15.8. The van der Waals surface area contributed by atoms with Crippen LogP contribution in [-0.4, -0.2) is 0 Å². The number of benzene rings is 3. The molecule has 0 N–H and O–H groups in total. The molecule has 114 valence electrons. The minimum atomic E-state index is 0.537. The summed E-state index contributed by atoms with van der Waals surface area (Å²) >= 11 is 0. The minimum absolute atomic E-state index is 0.537. The van der Waals surface area contributed by atoms with E-state index in [0.717, 1.165) is 6.42 Å². The molecule has 0 radical (unpaired) electrons. The summed E-state index contributed by atoms with van der Waals surface area (Å²) in [5, 5.41) is 0. The normalized spacial score (nSPS) is 12.9. The Bertz CT molecular complexity index is 834. The summed E-state index contributed by atoms with van der Waals surface area (Å²) in [4.78, 5) is 2.40. The number of anilines is 3. The van der Waals surface area contributed by atoms with Gasteiger partial charge in [0.25, 0.3) is 0 Å². The summed E-state index contributed by atoms with van der Waals surface area (Å²) in [5.41, 5.74) is 8.03. The number of para-hydroxylation sites is 2. The first kappa shape index (κ1) is 14.1. The second kappa shape index (κ2) is 5.58. The fourth-order valence-corrected chi connectivity index (χ4v) is 3.37. The molecular weight excluding hydrogens is 278 g/mol. The van der Waals surface area contributed by atoms with E-state index in [0.29, 0.717) is 5.92 Å². The molecule has 0 aliphatic carbocycles. The highest BCUT2D eigenvalue weighted by Crippen LogP contribution is 2.44. The quantitative estimate of drug-likeness (QED) is 0.427. The van der Waals surface area contributed by atoms with Gasteiger partial charge in [0.05, 0.1) is 0 Å². The fraction of sp³-hybridized carbons (Fsp3) is 0.182. The first-order chi connectivity index (χ1) is 11.2. The van der Waals surface area contributed by atoms with Crippen LogP contribution in [0.25, 0.3) is 0 Å². The molecule has 0 saturated carbocycles. The molecule has 0 aromatic heterocycles. The molecule has 0 atom stereocenters. The zero-order valence-corrected chi connectivity index (χ0v) is 13.7. The zero-order valence-electron chi connectivity index (χ0n) is 13.7. The molecule has 0 bridgehead atoms. The van der Waals surface area contributed by atoms with E-state index < -0.39 is 0 Å². The number of nitrogens with zero attached hydrogens (tertiary/aromatic N) is 1. The Morgan fingerprint density at radius 3 is 2.22 bits per heavy atom. The molecule has 0 fully saturated rings. The average molecular weight is 299 g/mol. The van der Waals surface area contributed by atoms with Crippen molar-refractivity contribution in [2.24, 2.45) is 0 Å². The van der Waals surface area contributed by atoms with Crippen LogP contribution in [-0.2, 0) is 6.42 Å². The predicted molar refractivity (Wildman–Crippen MR) is 98.0 cm³/mol. The molecule has 0 spiro atoms. The summed E-state index contributed by atoms with van der Waals surface area (Å²) in [7, 11) is 0. The molecule has 1 heterocycles. The van der Waals surface area contributed by atoms with Crippen molar-refractivity contribution >= 4 is 17.1 Å². The lowest BCUT2D eigenvalue weighted by atomic mass is 9.91. The average Bonchev–Trinajstić information content (AvgIpc) is 2.59. The number of hydrogen-bond acceptors (Lipinski definition) is 1. The summed E-state index contributed by atoms with van der Waals surface area (Å²) in [6, 6.07) is 26.4. The summed E-state index contributed by atoms with van der Waals surface area (Å²) in [6.07, 6.45) is 1.01. The van der Waals surface area contributed by atoms with Crippen LogP contribution in [0.15, 0.2) is 72.8 Å². The molecule has 0 saturated heterocycles. The Labute approximate surface area is 138 Å². The molecule has 1 heteroatoms. The number of hydrogen-bond donors (Lipinski definition) is 0. The van der Waals surface area contributed by atoms with Gasteiger partial charge in [-0.3, -0.25) is 0 Å². The van der Waals surface area contributed by atoms with E-state index in [1.54, 1.807) is 0 Å². The largest absolute Gasteiger partial charge is 0.310 e. The first-order valence-electron chi connectivity index (χ1n) is 8.30. The topological polar surface area (TPSA) is 3.24 Å². The molecule has 0 amide bonds. The van der Waals surface area contributed by atoms with Gasteiger partial charge < -0.3 is 4.90 Å². The molecule has 3 aromatic rings. The van der Waals surface area contributed by atoms with Gasteiger partial charge in [0, 0.05) is 23.5 Å². The molecule has 23 heavy (non-hydrogen) atoms. The fourth-order valence-electron chi connectivity index (χ4n) is 3.37. The van der Waals surface area contributed by atoms with Crippen LogP contribution in [0.5, 0.6) is 0 Å². The van der Waals surface area contributed by atoms with Crippen LogP contribution in [0.4, 0.5) is 17.1 Å². The Morgan fingerprint density at radius 1 is 0.739 bits per heavy atom. The molecule has 1 aliphatic heterocycles. The maximum absolute atomic E-state index is 2.40. The maximum Gasteiger partial charge on any atom is 0.0499 e. The first-order valence-corrected chi connectivity index (χ1v) is 8.30. The SMILES string of the molecule is CC(C)c1ccc2c(c1)N(c1ccccc1)c1ccccc1C2. The van der Waals surface area contributed by atoms with Gasteiger partial charge in [-0.1, -0.05) is 62.4 Å². The van der Waals surface area contributed by atoms with Crippen molar-refractivity contribution in [1.29, 1.82) is 0 Å². The van der Waals surface area contributed by atoms with Crippen molar-refractivity contribution in [3.8, 4) is 0 Å². The van der Waals surface area contributed by atoms with Gasteiger partial charge in [0.1, 0.15) is 0 Å². The van der Waals surface area contributed by atoms with Gasteiger partial charge in [0.15, 0.2) is 0 Å². The summed E-state index contributed by atoms with van der Waals surface area (Å²) in [5.74, 6) is 0.537. The summed E-state index contributed by atoms with van der Waals surface area (Å²) < 4.78 is 0. The van der Waals surface area contributed by atoms with Crippen LogP contribution in [0.3, 0.4) is 0 Å². The lowest BCUT2D eigenvalue weighted by Crippen LogP contribution is -2.18. The van der Waals surface area contributed by atoms with Crippen molar-refractivity contribution in [2.75, 3.05) is 4.90 Å². The van der Waals surface area contributed by atoms with E-state index in [1.807, 2.05) is 0 Å². The van der Waals surface area contributed by atoms with E-state index in [9.17, 15) is 0 Å². The highest BCUT2D eigenvalue weighted by atomic mass is 15.2. The van der Waals surface area contributed by atoms with Crippen LogP contribution < -0.4 is 4.90 Å². The predicted octanol–water partition coefficient (Wildman–Crippen LogP) is 6.18. The lowest BCUT2D eigenvalue weighted by Gasteiger charge is -2.34. The maximum atomic E-state index is 2.40. The smallest absolute Gasteiger partial charge is 0.0499 e. The van der Waals surface area contributed by atoms with E-state index in [2.05, 4.69) is 91.5 Å². The molecule has 1 nitrogen and oxygen atoms in total. The molecule has 3 aromatic carbocycles. The van der Waals surface area contributed by atoms with Crippen LogP contribution in [0, 0.1) is 0 Å². The minimum Gasteiger partial charge on any atom is -0.310 e. The van der Waals surface area contributed by atoms with Gasteiger partial charge in [-0.25, -0.2) is 0 Å². The monoisotopic (exact) mass is 299 g/mol. The standard InChI is InChI=1S/C22H21N/c1-16(2)17-12-13-19-14-18-8-6-7-11-21(18)23(22(19)15-17)20-9-4-3-5-10-20/h3-13,15-16H,14H2,1-2H3. The van der Waals surface area contributed by atoms with E-state index in [4.69, 9.17) is 0 Å². The third-order valence-corrected chi connectivity index (χ3v) is 4.64. The van der Waals surface area contributed by atoms with Crippen molar-refractivity contribution < 1.29 is 0 Å².